The molecule has 0 aliphatic heterocycles. The van der Waals surface area contributed by atoms with Crippen LogP contribution in [0.2, 0.25) is 0 Å². The van der Waals surface area contributed by atoms with Gasteiger partial charge in [-0.1, -0.05) is 61.9 Å². The van der Waals surface area contributed by atoms with Gasteiger partial charge in [-0.25, -0.2) is 9.78 Å². The summed E-state index contributed by atoms with van der Waals surface area (Å²) in [6.45, 7) is 6.24. The van der Waals surface area contributed by atoms with Crippen LogP contribution in [0.25, 0.3) is 33.9 Å². The molecule has 0 unspecified atom stereocenters. The largest absolute Gasteiger partial charge is 0.618 e. The number of aromatic nitrogens is 7. The van der Waals surface area contributed by atoms with Gasteiger partial charge in [0.2, 0.25) is 5.82 Å². The lowest BCUT2D eigenvalue weighted by Gasteiger charge is -2.12. The first-order valence-electron chi connectivity index (χ1n) is 13.2. The fraction of sp³-hybridized carbons (Fsp3) is 0.267. The number of unbranched alkanes of at least 4 members (excludes halogenated alkanes) is 1. The van der Waals surface area contributed by atoms with Crippen LogP contribution in [0.1, 0.15) is 52.8 Å². The van der Waals surface area contributed by atoms with Crippen LogP contribution < -0.4 is 4.73 Å². The van der Waals surface area contributed by atoms with E-state index in [4.69, 9.17) is 9.72 Å². The number of nitrogens with one attached hydrogen (secondary N) is 1. The van der Waals surface area contributed by atoms with Crippen LogP contribution in [0.4, 0.5) is 0 Å². The fourth-order valence-electron chi connectivity index (χ4n) is 4.84. The second-order valence-corrected chi connectivity index (χ2v) is 9.76. The molecule has 0 saturated carbocycles. The number of pyridine rings is 1. The first kappa shape index (κ1) is 26.7. The third-order valence-corrected chi connectivity index (χ3v) is 6.95. The smallest absolute Gasteiger partial charge is 0.345 e. The van der Waals surface area contributed by atoms with Gasteiger partial charge in [-0.3, -0.25) is 0 Å². The number of benzene rings is 2. The molecule has 0 bridgehead atoms. The van der Waals surface area contributed by atoms with E-state index in [2.05, 4.69) is 56.4 Å². The zero-order valence-corrected chi connectivity index (χ0v) is 23.0. The summed E-state index contributed by atoms with van der Waals surface area (Å²) in [6.07, 6.45) is 4.60. The Kier molecular flexibility index (Phi) is 7.68. The summed E-state index contributed by atoms with van der Waals surface area (Å²) in [5, 5.41) is 27.3. The quantitative estimate of drug-likeness (QED) is 0.162. The predicted molar refractivity (Wildman–Crippen MR) is 150 cm³/mol. The maximum atomic E-state index is 13.2. The molecular formula is C30H31N7O3. The molecule has 0 aliphatic carbocycles. The van der Waals surface area contributed by atoms with E-state index in [0.29, 0.717) is 29.3 Å². The number of rotatable bonds is 9. The van der Waals surface area contributed by atoms with Gasteiger partial charge in [0, 0.05) is 37.7 Å². The SMILES string of the molecule is CCCCc1nc(-c2c(C(=O)OC)c(C)cc(C)[n+]2[O-])cn1Cc1ccc(-c2ccc(-c3nn[nH]n3)cc2)cc1. The van der Waals surface area contributed by atoms with Crippen LogP contribution >= 0.6 is 0 Å². The molecule has 5 rings (SSSR count). The number of carbonyl (C=O) groups is 1. The van der Waals surface area contributed by atoms with Gasteiger partial charge < -0.3 is 14.5 Å². The second-order valence-electron chi connectivity index (χ2n) is 9.76. The summed E-state index contributed by atoms with van der Waals surface area (Å²) < 4.78 is 7.85. The molecule has 10 heteroatoms. The van der Waals surface area contributed by atoms with Crippen molar-refractivity contribution in [3.05, 3.63) is 94.2 Å². The lowest BCUT2D eigenvalue weighted by Crippen LogP contribution is -2.36. The average Bonchev–Trinajstić information content (AvgIpc) is 3.64. The molecule has 2 aromatic carbocycles. The Bertz CT molecular complexity index is 1620. The molecule has 0 amide bonds. The summed E-state index contributed by atoms with van der Waals surface area (Å²) in [6, 6.07) is 18.1. The monoisotopic (exact) mass is 537 g/mol. The standard InChI is InChI=1S/C30H31N7O3/c1-5-6-7-26-31-25(28-27(30(38)40-4)19(2)16-20(3)37(28)39)18-36(26)17-21-8-10-22(11-9-21)23-12-14-24(15-13-23)29-32-34-35-33-29/h8-16,18H,5-7,17H2,1-4H3,(H,32,33,34,35). The number of hydrogen-bond acceptors (Lipinski definition) is 7. The molecule has 0 spiro atoms. The van der Waals surface area contributed by atoms with Crippen molar-refractivity contribution in [3.63, 3.8) is 0 Å². The van der Waals surface area contributed by atoms with Gasteiger partial charge in [-0.2, -0.15) is 9.94 Å². The van der Waals surface area contributed by atoms with Crippen LogP contribution in [0.15, 0.2) is 60.8 Å². The molecule has 1 N–H and O–H groups in total. The lowest BCUT2D eigenvalue weighted by atomic mass is 10.0. The highest BCUT2D eigenvalue weighted by Crippen LogP contribution is 2.27. The van der Waals surface area contributed by atoms with E-state index in [0.717, 1.165) is 52.1 Å². The zero-order valence-electron chi connectivity index (χ0n) is 23.0. The highest BCUT2D eigenvalue weighted by atomic mass is 16.5. The van der Waals surface area contributed by atoms with Gasteiger partial charge in [0.1, 0.15) is 11.4 Å². The van der Waals surface area contributed by atoms with Crippen LogP contribution in [0.5, 0.6) is 0 Å². The number of H-pyrrole nitrogens is 1. The molecule has 3 aromatic heterocycles. The summed E-state index contributed by atoms with van der Waals surface area (Å²) in [5.74, 6) is 0.873. The molecular weight excluding hydrogens is 506 g/mol. The summed E-state index contributed by atoms with van der Waals surface area (Å²) in [7, 11) is 1.32. The van der Waals surface area contributed by atoms with E-state index in [1.165, 1.54) is 7.11 Å². The maximum Gasteiger partial charge on any atom is 0.345 e. The van der Waals surface area contributed by atoms with E-state index in [-0.39, 0.29) is 11.3 Å². The molecule has 10 nitrogen and oxygen atoms in total. The third kappa shape index (κ3) is 5.33. The third-order valence-electron chi connectivity index (χ3n) is 6.95. The molecule has 3 heterocycles. The van der Waals surface area contributed by atoms with Gasteiger partial charge in [0.05, 0.1) is 7.11 Å². The fourth-order valence-corrected chi connectivity index (χ4v) is 4.84. The molecule has 0 atom stereocenters. The Morgan fingerprint density at radius 1 is 1.05 bits per heavy atom. The zero-order chi connectivity index (χ0) is 28.2. The van der Waals surface area contributed by atoms with E-state index in [1.807, 2.05) is 30.5 Å². The number of ether oxygens (including phenoxy) is 1. The molecule has 0 saturated heterocycles. The van der Waals surface area contributed by atoms with Crippen LogP contribution in [0, 0.1) is 19.1 Å². The topological polar surface area (TPSA) is 126 Å². The molecule has 0 aliphatic rings. The van der Waals surface area contributed by atoms with E-state index >= 15 is 0 Å². The van der Waals surface area contributed by atoms with E-state index < -0.39 is 5.97 Å². The molecule has 0 radical (unpaired) electrons. The minimum Gasteiger partial charge on any atom is -0.618 e. The number of aryl methyl sites for hydroxylation is 3. The minimum absolute atomic E-state index is 0.223. The van der Waals surface area contributed by atoms with Gasteiger partial charge in [0.15, 0.2) is 11.4 Å². The van der Waals surface area contributed by atoms with Crippen molar-refractivity contribution in [2.24, 2.45) is 0 Å². The highest BCUT2D eigenvalue weighted by molar-refractivity contribution is 5.96. The van der Waals surface area contributed by atoms with Crippen molar-refractivity contribution in [1.82, 2.24) is 30.2 Å². The van der Waals surface area contributed by atoms with Crippen molar-refractivity contribution in [2.75, 3.05) is 7.11 Å². The number of tetrazole rings is 1. The van der Waals surface area contributed by atoms with Gasteiger partial charge in [-0.05, 0) is 40.8 Å². The number of aromatic amines is 1. The molecule has 204 valence electrons. The average molecular weight is 538 g/mol. The van der Waals surface area contributed by atoms with Gasteiger partial charge >= 0.3 is 5.97 Å². The van der Waals surface area contributed by atoms with Crippen LogP contribution in [-0.2, 0) is 17.7 Å². The molecule has 0 fully saturated rings. The number of esters is 1. The number of methoxy groups -OCH3 is 1. The Hall–Kier alpha value is -4.86. The predicted octanol–water partition coefficient (Wildman–Crippen LogP) is 4.82. The Morgan fingerprint density at radius 2 is 1.73 bits per heavy atom. The first-order chi connectivity index (χ1) is 19.4. The van der Waals surface area contributed by atoms with E-state index in [1.54, 1.807) is 19.9 Å². The summed E-state index contributed by atoms with van der Waals surface area (Å²) in [5.41, 5.74) is 6.25. The number of hydrogen-bond donors (Lipinski definition) is 1. The van der Waals surface area contributed by atoms with Crippen LogP contribution in [-0.4, -0.2) is 43.3 Å². The van der Waals surface area contributed by atoms with Crippen molar-refractivity contribution in [1.29, 1.82) is 0 Å². The van der Waals surface area contributed by atoms with Crippen molar-refractivity contribution < 1.29 is 14.3 Å². The lowest BCUT2D eigenvalue weighted by molar-refractivity contribution is -0.601. The number of imidazole rings is 1. The summed E-state index contributed by atoms with van der Waals surface area (Å²) >= 11 is 0. The Labute approximate surface area is 232 Å². The maximum absolute atomic E-state index is 13.2. The minimum atomic E-state index is -0.553. The molecule has 5 aromatic rings. The molecule has 40 heavy (non-hydrogen) atoms. The van der Waals surface area contributed by atoms with Crippen molar-refractivity contribution in [2.45, 2.75) is 46.6 Å². The van der Waals surface area contributed by atoms with Crippen molar-refractivity contribution in [3.8, 4) is 33.9 Å². The summed E-state index contributed by atoms with van der Waals surface area (Å²) in [4.78, 5) is 17.5. The number of carbonyl (C=O) groups excluding carboxylic acids is 1. The van der Waals surface area contributed by atoms with Gasteiger partial charge in [0.25, 0.3) is 5.69 Å². The first-order valence-corrected chi connectivity index (χ1v) is 13.2. The van der Waals surface area contributed by atoms with Crippen molar-refractivity contribution >= 4 is 5.97 Å². The highest BCUT2D eigenvalue weighted by Gasteiger charge is 2.29. The Balaban J connectivity index is 1.45. The van der Waals surface area contributed by atoms with Gasteiger partial charge in [-0.15, -0.1) is 10.2 Å². The Morgan fingerprint density at radius 3 is 2.35 bits per heavy atom. The van der Waals surface area contributed by atoms with E-state index in [9.17, 15) is 10.0 Å². The number of nitrogens with zero attached hydrogens (tertiary/aromatic N) is 6. The van der Waals surface area contributed by atoms with Crippen LogP contribution in [0.3, 0.4) is 0 Å². The second kappa shape index (κ2) is 11.5. The normalized spacial score (nSPS) is 11.1.